The lowest BCUT2D eigenvalue weighted by Gasteiger charge is -2.17. The SMILES string of the molecule is Clc1ccc2cc3ccccc3c(O[Si](Cl)(Cl)Cl)c2c1. The molecule has 0 aliphatic heterocycles. The van der Waals surface area contributed by atoms with Crippen molar-refractivity contribution in [1.29, 1.82) is 0 Å². The molecule has 0 saturated heterocycles. The van der Waals surface area contributed by atoms with E-state index in [-0.39, 0.29) is 0 Å². The third-order valence-corrected chi connectivity index (χ3v) is 4.36. The predicted molar refractivity (Wildman–Crippen MR) is 90.4 cm³/mol. The second-order valence-electron chi connectivity index (χ2n) is 4.34. The summed E-state index contributed by atoms with van der Waals surface area (Å²) in [6, 6.07) is 15.5. The average molecular weight is 362 g/mol. The van der Waals surface area contributed by atoms with E-state index in [1.807, 2.05) is 42.5 Å². The van der Waals surface area contributed by atoms with Crippen LogP contribution in [0.2, 0.25) is 5.02 Å². The molecule has 3 aromatic carbocycles. The maximum atomic E-state index is 6.07. The smallest absolute Gasteiger partial charge is 0.507 e. The van der Waals surface area contributed by atoms with Crippen LogP contribution in [0.3, 0.4) is 0 Å². The van der Waals surface area contributed by atoms with Crippen molar-refractivity contribution in [3.8, 4) is 5.75 Å². The van der Waals surface area contributed by atoms with Crippen molar-refractivity contribution in [3.05, 3.63) is 53.6 Å². The highest BCUT2D eigenvalue weighted by Crippen LogP contribution is 2.39. The Labute approximate surface area is 136 Å². The zero-order chi connectivity index (χ0) is 14.3. The summed E-state index contributed by atoms with van der Waals surface area (Å²) < 4.78 is 5.66. The number of benzene rings is 3. The van der Waals surface area contributed by atoms with E-state index < -0.39 is 6.25 Å². The first kappa shape index (κ1) is 14.3. The molecule has 0 aliphatic carbocycles. The van der Waals surface area contributed by atoms with Crippen LogP contribution < -0.4 is 4.43 Å². The maximum absolute atomic E-state index is 6.07. The van der Waals surface area contributed by atoms with Gasteiger partial charge in [0.05, 0.1) is 0 Å². The van der Waals surface area contributed by atoms with Crippen LogP contribution in [0.5, 0.6) is 5.75 Å². The minimum atomic E-state index is -3.28. The summed E-state index contributed by atoms with van der Waals surface area (Å²) >= 11 is 23.8. The number of halogens is 4. The molecule has 1 nitrogen and oxygen atoms in total. The fraction of sp³-hybridized carbons (Fsp3) is 0. The number of hydrogen-bond acceptors (Lipinski definition) is 1. The molecule has 0 heterocycles. The number of rotatable bonds is 2. The summed E-state index contributed by atoms with van der Waals surface area (Å²) in [6.45, 7) is 0. The summed E-state index contributed by atoms with van der Waals surface area (Å²) in [7, 11) is 0. The van der Waals surface area contributed by atoms with Gasteiger partial charge in [0.15, 0.2) is 0 Å². The van der Waals surface area contributed by atoms with Gasteiger partial charge in [-0.15, -0.1) is 0 Å². The van der Waals surface area contributed by atoms with Crippen LogP contribution in [0, 0.1) is 0 Å². The molecule has 0 N–H and O–H groups in total. The highest BCUT2D eigenvalue weighted by Gasteiger charge is 2.31. The lowest BCUT2D eigenvalue weighted by molar-refractivity contribution is 0.611. The first-order valence-corrected chi connectivity index (χ1v) is 11.1. The van der Waals surface area contributed by atoms with Gasteiger partial charge in [-0.2, -0.15) is 0 Å². The Hall–Kier alpha value is -0.643. The highest BCUT2D eigenvalue weighted by molar-refractivity contribution is 7.62. The van der Waals surface area contributed by atoms with E-state index in [1.54, 1.807) is 0 Å². The van der Waals surface area contributed by atoms with Crippen molar-refractivity contribution in [2.24, 2.45) is 0 Å². The quantitative estimate of drug-likeness (QED) is 0.301. The third-order valence-electron chi connectivity index (χ3n) is 2.99. The van der Waals surface area contributed by atoms with E-state index in [2.05, 4.69) is 6.07 Å². The molecule has 102 valence electrons. The van der Waals surface area contributed by atoms with E-state index >= 15 is 0 Å². The van der Waals surface area contributed by atoms with E-state index in [0.717, 1.165) is 21.5 Å². The van der Waals surface area contributed by atoms with Gasteiger partial charge in [-0.05, 0) is 29.0 Å². The average Bonchev–Trinajstić information content (AvgIpc) is 2.38. The molecule has 0 aromatic heterocycles. The van der Waals surface area contributed by atoms with E-state index in [1.165, 1.54) is 0 Å². The summed E-state index contributed by atoms with van der Waals surface area (Å²) in [6.07, 6.45) is -3.28. The second-order valence-corrected chi connectivity index (χ2v) is 12.4. The Morgan fingerprint density at radius 3 is 2.25 bits per heavy atom. The largest absolute Gasteiger partial charge is 0.555 e. The Morgan fingerprint density at radius 1 is 0.800 bits per heavy atom. The van der Waals surface area contributed by atoms with Gasteiger partial charge in [-0.1, -0.05) is 75.2 Å². The minimum absolute atomic E-state index is 0.576. The van der Waals surface area contributed by atoms with Crippen molar-refractivity contribution in [2.75, 3.05) is 0 Å². The Balaban J connectivity index is 2.41. The van der Waals surface area contributed by atoms with E-state index in [4.69, 9.17) is 49.3 Å². The van der Waals surface area contributed by atoms with Gasteiger partial charge in [-0.25, -0.2) is 0 Å². The summed E-state index contributed by atoms with van der Waals surface area (Å²) in [5, 5.41) is 4.38. The molecule has 0 radical (unpaired) electrons. The molecular weight excluding hydrogens is 354 g/mol. The van der Waals surface area contributed by atoms with Crippen LogP contribution in [0.1, 0.15) is 0 Å². The molecule has 3 aromatic rings. The normalized spacial score (nSPS) is 12.0. The summed E-state index contributed by atoms with van der Waals surface area (Å²) in [5.74, 6) is 0.576. The Morgan fingerprint density at radius 2 is 1.50 bits per heavy atom. The van der Waals surface area contributed by atoms with Crippen molar-refractivity contribution >= 4 is 72.6 Å². The van der Waals surface area contributed by atoms with Crippen molar-refractivity contribution in [3.63, 3.8) is 0 Å². The zero-order valence-corrected chi connectivity index (χ0v) is 14.1. The standard InChI is InChI=1S/C14H8Cl4OSi/c15-11-6-5-10-7-9-3-1-2-4-12(9)14(13(10)8-11)19-20(16,17)18/h1-8H. The van der Waals surface area contributed by atoms with Crippen molar-refractivity contribution in [2.45, 2.75) is 0 Å². The molecular formula is C14H8Cl4OSi. The van der Waals surface area contributed by atoms with Gasteiger partial charge in [0.25, 0.3) is 0 Å². The molecule has 0 amide bonds. The van der Waals surface area contributed by atoms with Gasteiger partial charge >= 0.3 is 6.25 Å². The molecule has 6 heteroatoms. The molecule has 0 unspecified atom stereocenters. The van der Waals surface area contributed by atoms with Crippen molar-refractivity contribution < 1.29 is 4.43 Å². The van der Waals surface area contributed by atoms with Crippen LogP contribution in [-0.2, 0) is 0 Å². The molecule has 20 heavy (non-hydrogen) atoms. The lowest BCUT2D eigenvalue weighted by Crippen LogP contribution is -2.20. The van der Waals surface area contributed by atoms with Gasteiger partial charge in [0.2, 0.25) is 0 Å². The maximum Gasteiger partial charge on any atom is 0.555 e. The first-order valence-electron chi connectivity index (χ1n) is 5.81. The van der Waals surface area contributed by atoms with Crippen LogP contribution in [0.25, 0.3) is 21.5 Å². The fourth-order valence-electron chi connectivity index (χ4n) is 2.22. The monoisotopic (exact) mass is 360 g/mol. The molecule has 0 bridgehead atoms. The zero-order valence-electron chi connectivity index (χ0n) is 10.0. The van der Waals surface area contributed by atoms with Crippen LogP contribution >= 0.6 is 44.8 Å². The number of fused-ring (bicyclic) bond motifs is 2. The highest BCUT2D eigenvalue weighted by atomic mass is 35.8. The van der Waals surface area contributed by atoms with E-state index in [9.17, 15) is 0 Å². The summed E-state index contributed by atoms with van der Waals surface area (Å²) in [5.41, 5.74) is 0. The Kier molecular flexibility index (Phi) is 3.78. The molecule has 0 aliphatic rings. The minimum Gasteiger partial charge on any atom is -0.507 e. The number of hydrogen-bond donors (Lipinski definition) is 0. The third kappa shape index (κ3) is 2.85. The van der Waals surface area contributed by atoms with Crippen LogP contribution in [0.4, 0.5) is 0 Å². The Bertz CT molecular complexity index is 798. The van der Waals surface area contributed by atoms with Crippen LogP contribution in [-0.4, -0.2) is 6.25 Å². The molecule has 0 fully saturated rings. The lowest BCUT2D eigenvalue weighted by atomic mass is 10.0. The molecule has 0 atom stereocenters. The van der Waals surface area contributed by atoms with Gasteiger partial charge in [0, 0.05) is 15.8 Å². The van der Waals surface area contributed by atoms with Gasteiger partial charge < -0.3 is 4.43 Å². The fourth-order valence-corrected chi connectivity index (χ4v) is 3.54. The molecule has 3 rings (SSSR count). The van der Waals surface area contributed by atoms with Gasteiger partial charge in [-0.3, -0.25) is 0 Å². The van der Waals surface area contributed by atoms with E-state index in [0.29, 0.717) is 10.8 Å². The van der Waals surface area contributed by atoms with Crippen molar-refractivity contribution in [1.82, 2.24) is 0 Å². The van der Waals surface area contributed by atoms with Crippen LogP contribution in [0.15, 0.2) is 48.5 Å². The predicted octanol–water partition coefficient (Wildman–Crippen LogP) is 6.18. The summed E-state index contributed by atoms with van der Waals surface area (Å²) in [4.78, 5) is 0. The van der Waals surface area contributed by atoms with Gasteiger partial charge in [0.1, 0.15) is 5.75 Å². The first-order chi connectivity index (χ1) is 9.44. The second kappa shape index (κ2) is 5.28. The molecule has 0 spiro atoms. The molecule has 0 saturated carbocycles. The topological polar surface area (TPSA) is 9.23 Å².